The highest BCUT2D eigenvalue weighted by molar-refractivity contribution is 5.94. The van der Waals surface area contributed by atoms with Crippen LogP contribution < -0.4 is 5.32 Å². The summed E-state index contributed by atoms with van der Waals surface area (Å²) in [7, 11) is 0. The monoisotopic (exact) mass is 233 g/mol. The lowest BCUT2D eigenvalue weighted by Gasteiger charge is -2.15. The Morgan fingerprint density at radius 1 is 1.00 bits per heavy atom. The molecule has 0 fully saturated rings. The molecule has 0 saturated carbocycles. The quantitative estimate of drug-likeness (QED) is 0.420. The van der Waals surface area contributed by atoms with Crippen molar-refractivity contribution < 1.29 is 34.5 Å². The van der Waals surface area contributed by atoms with Gasteiger partial charge in [-0.1, -0.05) is 0 Å². The van der Waals surface area contributed by atoms with Gasteiger partial charge in [-0.3, -0.25) is 14.4 Å². The first-order valence-electron chi connectivity index (χ1n) is 4.21. The van der Waals surface area contributed by atoms with Gasteiger partial charge in [-0.2, -0.15) is 0 Å². The molecule has 0 aromatic heterocycles. The predicted molar refractivity (Wildman–Crippen MR) is 48.6 cm³/mol. The van der Waals surface area contributed by atoms with Crippen LogP contribution in [0.15, 0.2) is 0 Å². The van der Waals surface area contributed by atoms with Gasteiger partial charge in [0.05, 0.1) is 0 Å². The summed E-state index contributed by atoms with van der Waals surface area (Å²) in [6.45, 7) is 1.05. The van der Waals surface area contributed by atoms with Crippen molar-refractivity contribution >= 4 is 23.8 Å². The number of hydrogen-bond donors (Lipinski definition) is 4. The van der Waals surface area contributed by atoms with Crippen molar-refractivity contribution in [2.24, 2.45) is 5.92 Å². The van der Waals surface area contributed by atoms with Crippen LogP contribution in [-0.2, 0) is 19.2 Å². The fourth-order valence-electron chi connectivity index (χ4n) is 1.01. The molecule has 0 saturated heterocycles. The molecular weight excluding hydrogens is 222 g/mol. The molecule has 4 N–H and O–H groups in total. The van der Waals surface area contributed by atoms with E-state index in [4.69, 9.17) is 15.3 Å². The second kappa shape index (κ2) is 5.69. The van der Waals surface area contributed by atoms with Crippen LogP contribution in [0.4, 0.5) is 0 Å². The smallest absolute Gasteiger partial charge is 0.326 e. The third-order valence-electron chi connectivity index (χ3n) is 1.74. The molecule has 0 bridgehead atoms. The lowest BCUT2D eigenvalue weighted by atomic mass is 10.00. The van der Waals surface area contributed by atoms with E-state index >= 15 is 0 Å². The van der Waals surface area contributed by atoms with Crippen molar-refractivity contribution in [3.63, 3.8) is 0 Å². The van der Waals surface area contributed by atoms with Crippen LogP contribution in [0.5, 0.6) is 0 Å². The van der Waals surface area contributed by atoms with E-state index < -0.39 is 42.2 Å². The molecule has 0 heterocycles. The summed E-state index contributed by atoms with van der Waals surface area (Å²) in [6.07, 6.45) is -0.709. The average molecular weight is 233 g/mol. The maximum Gasteiger partial charge on any atom is 0.326 e. The van der Waals surface area contributed by atoms with Crippen LogP contribution in [-0.4, -0.2) is 45.2 Å². The number of nitrogens with one attached hydrogen (secondary N) is 1. The zero-order valence-corrected chi connectivity index (χ0v) is 8.34. The minimum Gasteiger partial charge on any atom is -0.481 e. The number of aliphatic carboxylic acids is 3. The second-order valence-electron chi connectivity index (χ2n) is 3.06. The van der Waals surface area contributed by atoms with Crippen molar-refractivity contribution in [3.8, 4) is 0 Å². The van der Waals surface area contributed by atoms with E-state index in [2.05, 4.69) is 0 Å². The normalized spacial score (nSPS) is 11.9. The topological polar surface area (TPSA) is 141 Å². The number of carbonyl (C=O) groups excluding carboxylic acids is 1. The molecule has 0 aliphatic carbocycles. The molecule has 0 radical (unpaired) electrons. The zero-order chi connectivity index (χ0) is 12.9. The highest BCUT2D eigenvalue weighted by atomic mass is 16.4. The SMILES string of the molecule is CC(=O)NC(CC(C(=O)O)C(=O)O)C(=O)O. The van der Waals surface area contributed by atoms with E-state index in [9.17, 15) is 19.2 Å². The first-order chi connectivity index (χ1) is 7.25. The number of carboxylic acids is 3. The second-order valence-corrected chi connectivity index (χ2v) is 3.06. The maximum atomic E-state index is 10.6. The van der Waals surface area contributed by atoms with Crippen LogP contribution in [0.2, 0.25) is 0 Å². The van der Waals surface area contributed by atoms with Crippen LogP contribution in [0, 0.1) is 5.92 Å². The molecule has 0 aliphatic rings. The highest BCUT2D eigenvalue weighted by Gasteiger charge is 2.32. The molecule has 0 spiro atoms. The predicted octanol–water partition coefficient (Wildman–Crippen LogP) is -1.25. The van der Waals surface area contributed by atoms with Gasteiger partial charge in [-0.05, 0) is 0 Å². The minimum atomic E-state index is -1.87. The number of rotatable bonds is 6. The summed E-state index contributed by atoms with van der Waals surface area (Å²) < 4.78 is 0. The molecule has 1 amide bonds. The summed E-state index contributed by atoms with van der Waals surface area (Å²) in [5, 5.41) is 27.6. The van der Waals surface area contributed by atoms with Gasteiger partial charge in [0, 0.05) is 13.3 Å². The average Bonchev–Trinajstić information content (AvgIpc) is 2.09. The maximum absolute atomic E-state index is 10.6. The molecule has 0 aromatic rings. The summed E-state index contributed by atoms with van der Waals surface area (Å²) in [6, 6.07) is -1.53. The molecule has 0 rings (SSSR count). The summed E-state index contributed by atoms with van der Waals surface area (Å²) >= 11 is 0. The van der Waals surface area contributed by atoms with E-state index in [-0.39, 0.29) is 0 Å². The molecule has 1 atom stereocenters. The Hall–Kier alpha value is -2.12. The largest absolute Gasteiger partial charge is 0.481 e. The van der Waals surface area contributed by atoms with Crippen molar-refractivity contribution in [1.29, 1.82) is 0 Å². The van der Waals surface area contributed by atoms with E-state index in [1.807, 2.05) is 5.32 Å². The Morgan fingerprint density at radius 2 is 1.44 bits per heavy atom. The van der Waals surface area contributed by atoms with Gasteiger partial charge >= 0.3 is 17.9 Å². The van der Waals surface area contributed by atoms with Crippen LogP contribution in [0.1, 0.15) is 13.3 Å². The Bertz CT molecular complexity index is 310. The first-order valence-corrected chi connectivity index (χ1v) is 4.21. The van der Waals surface area contributed by atoms with Gasteiger partial charge in [0.2, 0.25) is 5.91 Å². The van der Waals surface area contributed by atoms with Crippen LogP contribution >= 0.6 is 0 Å². The number of carbonyl (C=O) groups is 4. The molecule has 0 aliphatic heterocycles. The Balaban J connectivity index is 4.71. The molecule has 16 heavy (non-hydrogen) atoms. The highest BCUT2D eigenvalue weighted by Crippen LogP contribution is 2.08. The standard InChI is InChI=1S/C8H11NO7/c1-3(10)9-5(8(15)16)2-4(6(11)12)7(13)14/h4-5H,2H2,1H3,(H,9,10)(H,11,12)(H,13,14)(H,15,16). The summed E-state index contributed by atoms with van der Waals surface area (Å²) in [4.78, 5) is 42.2. The molecule has 8 heteroatoms. The third-order valence-corrected chi connectivity index (χ3v) is 1.74. The van der Waals surface area contributed by atoms with E-state index in [0.717, 1.165) is 6.92 Å². The fraction of sp³-hybridized carbons (Fsp3) is 0.500. The Morgan fingerprint density at radius 3 is 1.69 bits per heavy atom. The van der Waals surface area contributed by atoms with Gasteiger partial charge in [0.25, 0.3) is 0 Å². The van der Waals surface area contributed by atoms with Crippen LogP contribution in [0.25, 0.3) is 0 Å². The van der Waals surface area contributed by atoms with Crippen LogP contribution in [0.3, 0.4) is 0 Å². The molecule has 1 unspecified atom stereocenters. The Labute approximate surface area is 89.9 Å². The first kappa shape index (κ1) is 13.9. The van der Waals surface area contributed by atoms with Gasteiger partial charge in [-0.25, -0.2) is 4.79 Å². The minimum absolute atomic E-state index is 0.679. The Kier molecular flexibility index (Phi) is 4.93. The van der Waals surface area contributed by atoms with Crippen molar-refractivity contribution in [2.45, 2.75) is 19.4 Å². The molecule has 90 valence electrons. The van der Waals surface area contributed by atoms with E-state index in [1.54, 1.807) is 0 Å². The summed E-state index contributed by atoms with van der Waals surface area (Å²) in [5.74, 6) is -7.33. The third kappa shape index (κ3) is 4.40. The van der Waals surface area contributed by atoms with E-state index in [0.29, 0.717) is 0 Å². The van der Waals surface area contributed by atoms with Gasteiger partial charge in [-0.15, -0.1) is 0 Å². The van der Waals surface area contributed by atoms with Gasteiger partial charge in [0.15, 0.2) is 5.92 Å². The number of hydrogen-bond acceptors (Lipinski definition) is 4. The number of amides is 1. The van der Waals surface area contributed by atoms with Crippen molar-refractivity contribution in [2.75, 3.05) is 0 Å². The van der Waals surface area contributed by atoms with E-state index in [1.165, 1.54) is 0 Å². The van der Waals surface area contributed by atoms with Gasteiger partial charge < -0.3 is 20.6 Å². The lowest BCUT2D eigenvalue weighted by Crippen LogP contribution is -2.43. The summed E-state index contributed by atoms with van der Waals surface area (Å²) in [5.41, 5.74) is 0. The fourth-order valence-corrected chi connectivity index (χ4v) is 1.01. The number of carboxylic acid groups (broad SMARTS) is 3. The van der Waals surface area contributed by atoms with Crippen molar-refractivity contribution in [3.05, 3.63) is 0 Å². The molecule has 0 aromatic carbocycles. The van der Waals surface area contributed by atoms with Gasteiger partial charge in [0.1, 0.15) is 6.04 Å². The molecule has 8 nitrogen and oxygen atoms in total. The molecular formula is C8H11NO7. The van der Waals surface area contributed by atoms with Crippen molar-refractivity contribution in [1.82, 2.24) is 5.32 Å². The lowest BCUT2D eigenvalue weighted by molar-refractivity contribution is -0.156. The zero-order valence-electron chi connectivity index (χ0n) is 8.34.